The van der Waals surface area contributed by atoms with Crippen LogP contribution in [-0.4, -0.2) is 21.2 Å². The number of rotatable bonds is 5. The minimum atomic E-state index is -0.0429. The average molecular weight is 339 g/mol. The summed E-state index contributed by atoms with van der Waals surface area (Å²) in [5, 5.41) is 4.22. The third-order valence-corrected chi connectivity index (χ3v) is 5.07. The molecule has 0 bridgehead atoms. The summed E-state index contributed by atoms with van der Waals surface area (Å²) in [5.41, 5.74) is 3.17. The van der Waals surface area contributed by atoms with Crippen molar-refractivity contribution in [1.82, 2.24) is 14.9 Å². The van der Waals surface area contributed by atoms with Crippen molar-refractivity contribution in [1.29, 1.82) is 0 Å². The van der Waals surface area contributed by atoms with Crippen LogP contribution < -0.4 is 5.32 Å². The second-order valence-corrected chi connectivity index (χ2v) is 6.95. The zero-order valence-electron chi connectivity index (χ0n) is 14.1. The Morgan fingerprint density at radius 3 is 2.83 bits per heavy atom. The topological polar surface area (TPSA) is 46.9 Å². The third kappa shape index (κ3) is 3.62. The molecule has 0 aliphatic heterocycles. The molecule has 4 nitrogen and oxygen atoms in total. The average Bonchev–Trinajstić information content (AvgIpc) is 2.90. The van der Waals surface area contributed by atoms with E-state index in [9.17, 15) is 4.79 Å². The first-order valence-corrected chi connectivity index (χ1v) is 8.92. The van der Waals surface area contributed by atoms with Crippen LogP contribution in [0.15, 0.2) is 53.7 Å². The van der Waals surface area contributed by atoms with Crippen LogP contribution in [0.3, 0.4) is 0 Å². The lowest BCUT2D eigenvalue weighted by atomic mass is 10.1. The van der Waals surface area contributed by atoms with Crippen LogP contribution in [-0.2, 0) is 11.8 Å². The number of amides is 1. The van der Waals surface area contributed by atoms with Gasteiger partial charge in [-0.25, -0.2) is 0 Å². The summed E-state index contributed by atoms with van der Waals surface area (Å²) >= 11 is 1.57. The molecule has 0 fully saturated rings. The van der Waals surface area contributed by atoms with Crippen LogP contribution in [0.4, 0.5) is 0 Å². The Hall–Kier alpha value is -2.27. The molecule has 3 aromatic rings. The number of nitrogens with one attached hydrogen (secondary N) is 1. The Balaban J connectivity index is 1.61. The highest BCUT2D eigenvalue weighted by Crippen LogP contribution is 2.29. The predicted octanol–water partition coefficient (Wildman–Crippen LogP) is 3.85. The van der Waals surface area contributed by atoms with Gasteiger partial charge in [-0.2, -0.15) is 0 Å². The highest BCUT2D eigenvalue weighted by molar-refractivity contribution is 8.00. The van der Waals surface area contributed by atoms with Gasteiger partial charge in [-0.05, 0) is 31.5 Å². The third-order valence-electron chi connectivity index (χ3n) is 4.03. The number of carbonyl (C=O) groups excluding carboxylic acids is 1. The fourth-order valence-electron chi connectivity index (χ4n) is 2.66. The molecular weight excluding hydrogens is 318 g/mol. The molecule has 24 heavy (non-hydrogen) atoms. The second-order valence-electron chi connectivity index (χ2n) is 5.93. The minimum Gasteiger partial charge on any atom is -0.349 e. The highest BCUT2D eigenvalue weighted by atomic mass is 32.2. The molecule has 5 heteroatoms. The van der Waals surface area contributed by atoms with E-state index < -0.39 is 0 Å². The first-order chi connectivity index (χ1) is 11.5. The van der Waals surface area contributed by atoms with E-state index in [4.69, 9.17) is 0 Å². The number of hydrogen-bond donors (Lipinski definition) is 1. The summed E-state index contributed by atoms with van der Waals surface area (Å²) < 4.78 is 2.09. The molecule has 3 rings (SSSR count). The van der Waals surface area contributed by atoms with E-state index >= 15 is 0 Å². The summed E-state index contributed by atoms with van der Waals surface area (Å²) in [4.78, 5) is 17.7. The first kappa shape index (κ1) is 16.6. The quantitative estimate of drug-likeness (QED) is 0.718. The van der Waals surface area contributed by atoms with Crippen molar-refractivity contribution in [3.63, 3.8) is 0 Å². The predicted molar refractivity (Wildman–Crippen MR) is 99.2 cm³/mol. The van der Waals surface area contributed by atoms with Crippen LogP contribution in [0.2, 0.25) is 0 Å². The number of nitrogens with zero attached hydrogens (tertiary/aromatic N) is 2. The fraction of sp³-hybridized carbons (Fsp3) is 0.263. The standard InChI is InChI=1S/C19H21N3OS/c1-13-8-9-15(10-20-13)14(2)21-19(23)12-24-18-11-22(3)17-7-5-4-6-16(17)18/h4-11,14H,12H2,1-3H3,(H,21,23)/t14-/m0/s1. The SMILES string of the molecule is Cc1ccc([C@H](C)NC(=O)CSc2cn(C)c3ccccc23)cn1. The van der Waals surface area contributed by atoms with E-state index in [-0.39, 0.29) is 11.9 Å². The maximum absolute atomic E-state index is 12.3. The van der Waals surface area contributed by atoms with Crippen LogP contribution in [0.1, 0.15) is 24.2 Å². The summed E-state index contributed by atoms with van der Waals surface area (Å²) in [6, 6.07) is 12.2. The van der Waals surface area contributed by atoms with Crippen molar-refractivity contribution in [3.8, 4) is 0 Å². The van der Waals surface area contributed by atoms with E-state index in [1.54, 1.807) is 11.8 Å². The molecule has 0 unspecified atom stereocenters. The Bertz CT molecular complexity index is 855. The number of fused-ring (bicyclic) bond motifs is 1. The lowest BCUT2D eigenvalue weighted by Crippen LogP contribution is -2.28. The maximum Gasteiger partial charge on any atom is 0.230 e. The molecule has 0 spiro atoms. The van der Waals surface area contributed by atoms with Crippen molar-refractivity contribution in [2.24, 2.45) is 7.05 Å². The van der Waals surface area contributed by atoms with Crippen LogP contribution in [0, 0.1) is 6.92 Å². The molecule has 0 saturated carbocycles. The number of aryl methyl sites for hydroxylation is 2. The fourth-order valence-corrected chi connectivity index (χ4v) is 3.60. The van der Waals surface area contributed by atoms with Crippen LogP contribution in [0.5, 0.6) is 0 Å². The smallest absolute Gasteiger partial charge is 0.230 e. The molecule has 1 atom stereocenters. The van der Waals surface area contributed by atoms with Gasteiger partial charge in [-0.15, -0.1) is 11.8 Å². The minimum absolute atomic E-state index is 0.0287. The molecule has 0 aliphatic carbocycles. The molecule has 1 N–H and O–H groups in total. The summed E-state index contributed by atoms with van der Waals surface area (Å²) in [6.45, 7) is 3.93. The normalized spacial score (nSPS) is 12.3. The van der Waals surface area contributed by atoms with E-state index in [0.29, 0.717) is 5.75 Å². The van der Waals surface area contributed by atoms with Gasteiger partial charge in [0.2, 0.25) is 5.91 Å². The molecule has 124 valence electrons. The van der Waals surface area contributed by atoms with E-state index in [2.05, 4.69) is 33.2 Å². The van der Waals surface area contributed by atoms with Gasteiger partial charge in [0.1, 0.15) is 0 Å². The van der Waals surface area contributed by atoms with Gasteiger partial charge >= 0.3 is 0 Å². The zero-order valence-corrected chi connectivity index (χ0v) is 14.9. The van der Waals surface area contributed by atoms with Gasteiger partial charge in [0.25, 0.3) is 0 Å². The number of pyridine rings is 1. The molecule has 0 saturated heterocycles. The van der Waals surface area contributed by atoms with Gasteiger partial charge in [0, 0.05) is 40.9 Å². The number of para-hydroxylation sites is 1. The monoisotopic (exact) mass is 339 g/mol. The largest absolute Gasteiger partial charge is 0.349 e. The molecule has 1 aromatic carbocycles. The number of benzene rings is 1. The molecule has 0 aliphatic rings. The number of thioether (sulfide) groups is 1. The van der Waals surface area contributed by atoms with E-state index in [1.165, 1.54) is 10.9 Å². The van der Waals surface area contributed by atoms with E-state index in [0.717, 1.165) is 16.2 Å². The Morgan fingerprint density at radius 2 is 2.08 bits per heavy atom. The summed E-state index contributed by atoms with van der Waals surface area (Å²) in [5.74, 6) is 0.429. The number of hydrogen-bond acceptors (Lipinski definition) is 3. The molecule has 0 radical (unpaired) electrons. The lowest BCUT2D eigenvalue weighted by molar-refractivity contribution is -0.119. The first-order valence-electron chi connectivity index (χ1n) is 7.93. The van der Waals surface area contributed by atoms with Gasteiger partial charge in [0.15, 0.2) is 0 Å². The van der Waals surface area contributed by atoms with Crippen molar-refractivity contribution in [2.75, 3.05) is 5.75 Å². The molecule has 2 heterocycles. The Morgan fingerprint density at radius 1 is 1.29 bits per heavy atom. The van der Waals surface area contributed by atoms with Crippen LogP contribution in [0.25, 0.3) is 10.9 Å². The van der Waals surface area contributed by atoms with Gasteiger partial charge in [-0.3, -0.25) is 9.78 Å². The molecule has 1 amide bonds. The number of carbonyl (C=O) groups is 1. The van der Waals surface area contributed by atoms with Gasteiger partial charge < -0.3 is 9.88 Å². The van der Waals surface area contributed by atoms with Gasteiger partial charge in [-0.1, -0.05) is 24.3 Å². The maximum atomic E-state index is 12.3. The second kappa shape index (κ2) is 7.09. The van der Waals surface area contributed by atoms with Crippen molar-refractivity contribution in [2.45, 2.75) is 24.8 Å². The zero-order chi connectivity index (χ0) is 17.1. The summed E-state index contributed by atoms with van der Waals surface area (Å²) in [7, 11) is 2.03. The molecular formula is C19H21N3OS. The number of aromatic nitrogens is 2. The van der Waals surface area contributed by atoms with Crippen molar-refractivity contribution >= 4 is 28.6 Å². The highest BCUT2D eigenvalue weighted by Gasteiger charge is 2.12. The van der Waals surface area contributed by atoms with Crippen molar-refractivity contribution in [3.05, 3.63) is 60.0 Å². The Labute approximate surface area is 146 Å². The van der Waals surface area contributed by atoms with Crippen molar-refractivity contribution < 1.29 is 4.79 Å². The Kier molecular flexibility index (Phi) is 4.90. The van der Waals surface area contributed by atoms with Gasteiger partial charge in [0.05, 0.1) is 11.8 Å². The summed E-state index contributed by atoms with van der Waals surface area (Å²) in [6.07, 6.45) is 3.90. The molecule has 2 aromatic heterocycles. The van der Waals surface area contributed by atoms with E-state index in [1.807, 2.05) is 51.4 Å². The van der Waals surface area contributed by atoms with Crippen LogP contribution >= 0.6 is 11.8 Å². The lowest BCUT2D eigenvalue weighted by Gasteiger charge is -2.14.